The van der Waals surface area contributed by atoms with Crippen LogP contribution in [-0.2, 0) is 7.05 Å². The van der Waals surface area contributed by atoms with Crippen molar-refractivity contribution in [1.82, 2.24) is 15.0 Å². The predicted molar refractivity (Wildman–Crippen MR) is 48.3 cm³/mol. The molecule has 1 aromatic rings. The number of aromatic nitrogens is 3. The van der Waals surface area contributed by atoms with Crippen LogP contribution in [0.4, 0.5) is 0 Å². The molecule has 0 aromatic carbocycles. The van der Waals surface area contributed by atoms with Gasteiger partial charge in [0.1, 0.15) is 5.69 Å². The van der Waals surface area contributed by atoms with E-state index in [1.165, 1.54) is 10.9 Å². The quantitative estimate of drug-likeness (QED) is 0.649. The Hall–Kier alpha value is -0.840. The third-order valence-corrected chi connectivity index (χ3v) is 2.31. The minimum atomic E-state index is 0.0920. The number of hydrogen-bond donors (Lipinski definition) is 0. The summed E-state index contributed by atoms with van der Waals surface area (Å²) >= 11 is 1.60. The average Bonchev–Trinajstić information content (AvgIpc) is 2.47. The predicted octanol–water partition coefficient (Wildman–Crippen LogP) is 0.751. The van der Waals surface area contributed by atoms with Crippen LogP contribution in [0.25, 0.3) is 0 Å². The van der Waals surface area contributed by atoms with E-state index >= 15 is 0 Å². The number of carbonyl (C=O) groups is 1. The average molecular weight is 185 g/mol. The monoisotopic (exact) mass is 185 g/mol. The highest BCUT2D eigenvalue weighted by Gasteiger charge is 2.09. The molecule has 1 rings (SSSR count). The number of aryl methyl sites for hydroxylation is 1. The van der Waals surface area contributed by atoms with Gasteiger partial charge in [0.15, 0.2) is 5.78 Å². The number of thioether (sulfide) groups is 1. The van der Waals surface area contributed by atoms with E-state index < -0.39 is 0 Å². The van der Waals surface area contributed by atoms with Crippen molar-refractivity contribution in [3.63, 3.8) is 0 Å². The zero-order valence-corrected chi connectivity index (χ0v) is 7.97. The van der Waals surface area contributed by atoms with Crippen molar-refractivity contribution in [3.05, 3.63) is 11.9 Å². The normalized spacial score (nSPS) is 10.2. The Labute approximate surface area is 75.3 Å². The third kappa shape index (κ3) is 2.07. The molecular formula is C7H11N3OS. The van der Waals surface area contributed by atoms with Gasteiger partial charge in [0.2, 0.25) is 0 Å². The highest BCUT2D eigenvalue weighted by molar-refractivity contribution is 7.99. The standard InChI is InChI=1S/C7H11N3OS/c1-3-12-5-7(11)6-4-8-9-10(6)2/h4H,3,5H2,1-2H3. The molecule has 0 fully saturated rings. The number of rotatable bonds is 4. The van der Waals surface area contributed by atoms with Crippen molar-refractivity contribution in [1.29, 1.82) is 0 Å². The van der Waals surface area contributed by atoms with Crippen molar-refractivity contribution in [2.75, 3.05) is 11.5 Å². The molecule has 0 radical (unpaired) electrons. The van der Waals surface area contributed by atoms with Gasteiger partial charge >= 0.3 is 0 Å². The van der Waals surface area contributed by atoms with Gasteiger partial charge in [-0.25, -0.2) is 4.68 Å². The Morgan fingerprint density at radius 1 is 1.75 bits per heavy atom. The molecule has 5 heteroatoms. The van der Waals surface area contributed by atoms with Crippen LogP contribution in [0.15, 0.2) is 6.20 Å². The Balaban J connectivity index is 2.59. The number of hydrogen-bond acceptors (Lipinski definition) is 4. The Kier molecular flexibility index (Phi) is 3.28. The summed E-state index contributed by atoms with van der Waals surface area (Å²) in [6.45, 7) is 2.03. The van der Waals surface area contributed by atoms with Crippen LogP contribution in [0.3, 0.4) is 0 Å². The van der Waals surface area contributed by atoms with E-state index in [0.29, 0.717) is 11.4 Å². The van der Waals surface area contributed by atoms with E-state index in [1.807, 2.05) is 6.92 Å². The molecule has 1 heterocycles. The van der Waals surface area contributed by atoms with Gasteiger partial charge in [-0.15, -0.1) is 5.10 Å². The summed E-state index contributed by atoms with van der Waals surface area (Å²) in [7, 11) is 1.72. The van der Waals surface area contributed by atoms with Gasteiger partial charge in [-0.05, 0) is 5.75 Å². The van der Waals surface area contributed by atoms with E-state index in [2.05, 4.69) is 10.3 Å². The Bertz CT molecular complexity index is 271. The minimum absolute atomic E-state index is 0.0920. The lowest BCUT2D eigenvalue weighted by molar-refractivity contribution is 0.101. The topological polar surface area (TPSA) is 47.8 Å². The molecule has 0 bridgehead atoms. The summed E-state index contributed by atoms with van der Waals surface area (Å²) in [6.07, 6.45) is 1.50. The van der Waals surface area contributed by atoms with Crippen LogP contribution in [0.2, 0.25) is 0 Å². The fourth-order valence-corrected chi connectivity index (χ4v) is 1.35. The SMILES string of the molecule is CCSCC(=O)c1cnnn1C. The summed E-state index contributed by atoms with van der Waals surface area (Å²) < 4.78 is 1.50. The Morgan fingerprint density at radius 3 is 3.00 bits per heavy atom. The molecule has 0 N–H and O–H groups in total. The van der Waals surface area contributed by atoms with Crippen LogP contribution < -0.4 is 0 Å². The van der Waals surface area contributed by atoms with Gasteiger partial charge in [0, 0.05) is 7.05 Å². The fourth-order valence-electron chi connectivity index (χ4n) is 0.811. The van der Waals surface area contributed by atoms with Crippen molar-refractivity contribution in [2.45, 2.75) is 6.92 Å². The van der Waals surface area contributed by atoms with Gasteiger partial charge in [-0.1, -0.05) is 12.1 Å². The molecule has 0 saturated heterocycles. The molecule has 66 valence electrons. The first-order valence-corrected chi connectivity index (χ1v) is 4.86. The summed E-state index contributed by atoms with van der Waals surface area (Å²) in [6, 6.07) is 0. The third-order valence-electron chi connectivity index (χ3n) is 1.44. The van der Waals surface area contributed by atoms with Crippen molar-refractivity contribution in [3.8, 4) is 0 Å². The molecule has 0 aliphatic heterocycles. The summed E-state index contributed by atoms with van der Waals surface area (Å²) in [4.78, 5) is 11.4. The molecule has 12 heavy (non-hydrogen) atoms. The molecule has 0 aliphatic rings. The number of Topliss-reactive ketones (excluding diaryl/α,β-unsaturated/α-hetero) is 1. The zero-order chi connectivity index (χ0) is 8.97. The maximum atomic E-state index is 11.4. The van der Waals surface area contributed by atoms with E-state index in [-0.39, 0.29) is 5.78 Å². The summed E-state index contributed by atoms with van der Waals surface area (Å²) in [5.41, 5.74) is 0.580. The molecule has 0 saturated carbocycles. The maximum Gasteiger partial charge on any atom is 0.192 e. The minimum Gasteiger partial charge on any atom is -0.291 e. The van der Waals surface area contributed by atoms with E-state index in [4.69, 9.17) is 0 Å². The lowest BCUT2D eigenvalue weighted by Gasteiger charge is -1.97. The lowest BCUT2D eigenvalue weighted by Crippen LogP contribution is -2.09. The van der Waals surface area contributed by atoms with Crippen molar-refractivity contribution < 1.29 is 4.79 Å². The number of ketones is 1. The first-order chi connectivity index (χ1) is 5.75. The van der Waals surface area contributed by atoms with Gasteiger partial charge in [0.25, 0.3) is 0 Å². The summed E-state index contributed by atoms with van der Waals surface area (Å²) in [5.74, 6) is 1.56. The molecule has 0 unspecified atom stereocenters. The maximum absolute atomic E-state index is 11.4. The first-order valence-electron chi connectivity index (χ1n) is 3.71. The molecule has 1 aromatic heterocycles. The molecule has 0 atom stereocenters. The van der Waals surface area contributed by atoms with E-state index in [9.17, 15) is 4.79 Å². The van der Waals surface area contributed by atoms with Gasteiger partial charge in [0.05, 0.1) is 11.9 Å². The number of carbonyl (C=O) groups excluding carboxylic acids is 1. The molecule has 0 spiro atoms. The molecular weight excluding hydrogens is 174 g/mol. The second-order valence-electron chi connectivity index (χ2n) is 2.30. The van der Waals surface area contributed by atoms with Crippen LogP contribution in [0, 0.1) is 0 Å². The highest BCUT2D eigenvalue weighted by Crippen LogP contribution is 2.04. The second-order valence-corrected chi connectivity index (χ2v) is 3.58. The van der Waals surface area contributed by atoms with Crippen LogP contribution in [0.1, 0.15) is 17.4 Å². The van der Waals surface area contributed by atoms with Gasteiger partial charge in [-0.3, -0.25) is 4.79 Å². The number of nitrogens with zero attached hydrogens (tertiary/aromatic N) is 3. The second kappa shape index (κ2) is 4.25. The van der Waals surface area contributed by atoms with E-state index in [1.54, 1.807) is 18.8 Å². The van der Waals surface area contributed by atoms with Crippen molar-refractivity contribution in [2.24, 2.45) is 7.05 Å². The lowest BCUT2D eigenvalue weighted by atomic mass is 10.3. The molecule has 0 amide bonds. The van der Waals surface area contributed by atoms with Gasteiger partial charge < -0.3 is 0 Å². The van der Waals surface area contributed by atoms with Crippen LogP contribution in [0.5, 0.6) is 0 Å². The van der Waals surface area contributed by atoms with Gasteiger partial charge in [-0.2, -0.15) is 11.8 Å². The van der Waals surface area contributed by atoms with Crippen LogP contribution in [-0.4, -0.2) is 32.3 Å². The fraction of sp³-hybridized carbons (Fsp3) is 0.571. The smallest absolute Gasteiger partial charge is 0.192 e. The molecule has 4 nitrogen and oxygen atoms in total. The largest absolute Gasteiger partial charge is 0.291 e. The highest BCUT2D eigenvalue weighted by atomic mass is 32.2. The van der Waals surface area contributed by atoms with Crippen LogP contribution >= 0.6 is 11.8 Å². The Morgan fingerprint density at radius 2 is 2.50 bits per heavy atom. The van der Waals surface area contributed by atoms with Crippen molar-refractivity contribution >= 4 is 17.5 Å². The van der Waals surface area contributed by atoms with E-state index in [0.717, 1.165) is 5.75 Å². The zero-order valence-electron chi connectivity index (χ0n) is 7.15. The first kappa shape index (κ1) is 9.25. The summed E-state index contributed by atoms with van der Waals surface area (Å²) in [5, 5.41) is 7.32. The molecule has 0 aliphatic carbocycles.